The van der Waals surface area contributed by atoms with E-state index in [1.165, 1.54) is 25.1 Å². The van der Waals surface area contributed by atoms with Crippen LogP contribution in [-0.2, 0) is 19.1 Å². The number of halogens is 1. The molecule has 136 valence electrons. The quantitative estimate of drug-likeness (QED) is 0.431. The van der Waals surface area contributed by atoms with Gasteiger partial charge >= 0.3 is 11.9 Å². The zero-order valence-corrected chi connectivity index (χ0v) is 14.9. The van der Waals surface area contributed by atoms with Crippen LogP contribution < -0.4 is 0 Å². The molecule has 0 aliphatic carbocycles. The Labute approximate surface area is 152 Å². The van der Waals surface area contributed by atoms with E-state index >= 15 is 0 Å². The minimum absolute atomic E-state index is 0.416. The van der Waals surface area contributed by atoms with Crippen molar-refractivity contribution in [2.75, 3.05) is 0 Å². The summed E-state index contributed by atoms with van der Waals surface area (Å²) in [5, 5.41) is 0. The summed E-state index contributed by atoms with van der Waals surface area (Å²) in [6.07, 6.45) is 1.73. The van der Waals surface area contributed by atoms with Gasteiger partial charge in [-0.25, -0.2) is 9.18 Å². The van der Waals surface area contributed by atoms with Crippen LogP contribution in [-0.4, -0.2) is 18.2 Å². The first-order chi connectivity index (χ1) is 12.4. The lowest BCUT2D eigenvalue weighted by Crippen LogP contribution is -2.23. The second-order valence-corrected chi connectivity index (χ2v) is 5.77. The number of carbonyl (C=O) groups excluding carboxylic acids is 2. The minimum atomic E-state index is -1.03. The second-order valence-electron chi connectivity index (χ2n) is 5.77. The lowest BCUT2D eigenvalue weighted by molar-refractivity contribution is -0.181. The predicted molar refractivity (Wildman–Crippen MR) is 96.7 cm³/mol. The van der Waals surface area contributed by atoms with E-state index in [9.17, 15) is 14.0 Å². The van der Waals surface area contributed by atoms with Gasteiger partial charge in [-0.2, -0.15) is 0 Å². The normalized spacial score (nSPS) is 13.2. The zero-order chi connectivity index (χ0) is 19.1. The number of hydrogen-bond acceptors (Lipinski definition) is 4. The van der Waals surface area contributed by atoms with Crippen molar-refractivity contribution in [3.8, 4) is 11.1 Å². The van der Waals surface area contributed by atoms with E-state index in [2.05, 4.69) is 0 Å². The van der Waals surface area contributed by atoms with Gasteiger partial charge < -0.3 is 9.47 Å². The molecule has 2 atom stereocenters. The summed E-state index contributed by atoms with van der Waals surface area (Å²) in [5.74, 6) is -2.31. The van der Waals surface area contributed by atoms with Crippen LogP contribution >= 0.6 is 0 Å². The first-order valence-electron chi connectivity index (χ1n) is 8.31. The number of esters is 2. The zero-order valence-electron chi connectivity index (χ0n) is 14.9. The molecule has 0 fully saturated rings. The summed E-state index contributed by atoms with van der Waals surface area (Å²) in [6, 6.07) is 13.8. The standard InChI is InChI=1S/C21H21FO4/c1-4-8-20(23)25-15(3)26-21(24)14(2)17-11-12-18(19(22)13-17)16-9-6-5-7-10-16/h4-15H,1-3H3/b8-4+. The maximum Gasteiger partial charge on any atom is 0.333 e. The Morgan fingerprint density at radius 3 is 2.35 bits per heavy atom. The van der Waals surface area contributed by atoms with Gasteiger partial charge in [0.25, 0.3) is 0 Å². The van der Waals surface area contributed by atoms with Gasteiger partial charge in [0, 0.05) is 18.6 Å². The molecular formula is C21H21FO4. The summed E-state index contributed by atoms with van der Waals surface area (Å²) in [7, 11) is 0. The van der Waals surface area contributed by atoms with E-state index in [-0.39, 0.29) is 0 Å². The summed E-state index contributed by atoms with van der Waals surface area (Å²) in [6.45, 7) is 4.73. The number of ether oxygens (including phenoxy) is 2. The fourth-order valence-corrected chi connectivity index (χ4v) is 2.42. The fourth-order valence-electron chi connectivity index (χ4n) is 2.42. The fraction of sp³-hybridized carbons (Fsp3) is 0.238. The van der Waals surface area contributed by atoms with Crippen LogP contribution in [0.15, 0.2) is 60.7 Å². The molecule has 5 heteroatoms. The van der Waals surface area contributed by atoms with Crippen molar-refractivity contribution in [1.29, 1.82) is 0 Å². The molecule has 0 spiro atoms. The molecule has 4 nitrogen and oxygen atoms in total. The summed E-state index contributed by atoms with van der Waals surface area (Å²) >= 11 is 0. The molecule has 0 aliphatic heterocycles. The molecule has 0 saturated carbocycles. The highest BCUT2D eigenvalue weighted by molar-refractivity contribution is 5.82. The molecule has 0 radical (unpaired) electrons. The molecule has 0 N–H and O–H groups in total. The van der Waals surface area contributed by atoms with Crippen LogP contribution in [0.1, 0.15) is 32.3 Å². The van der Waals surface area contributed by atoms with Crippen LogP contribution in [0.4, 0.5) is 4.39 Å². The van der Waals surface area contributed by atoms with Crippen molar-refractivity contribution in [2.24, 2.45) is 0 Å². The first kappa shape index (κ1) is 19.4. The minimum Gasteiger partial charge on any atom is -0.425 e. The van der Waals surface area contributed by atoms with Gasteiger partial charge in [-0.15, -0.1) is 0 Å². The molecule has 0 bridgehead atoms. The molecular weight excluding hydrogens is 335 g/mol. The molecule has 0 aliphatic rings. The number of hydrogen-bond donors (Lipinski definition) is 0. The van der Waals surface area contributed by atoms with Crippen LogP contribution in [0.2, 0.25) is 0 Å². The average molecular weight is 356 g/mol. The third kappa shape index (κ3) is 5.02. The molecule has 0 amide bonds. The largest absolute Gasteiger partial charge is 0.425 e. The van der Waals surface area contributed by atoms with E-state index < -0.39 is 30.0 Å². The van der Waals surface area contributed by atoms with Gasteiger partial charge in [0.15, 0.2) is 0 Å². The maximum atomic E-state index is 14.4. The van der Waals surface area contributed by atoms with Crippen molar-refractivity contribution in [1.82, 2.24) is 0 Å². The predicted octanol–water partition coefficient (Wildman–Crippen LogP) is 4.60. The van der Waals surface area contributed by atoms with Crippen molar-refractivity contribution >= 4 is 11.9 Å². The molecule has 2 aromatic rings. The van der Waals surface area contributed by atoms with Crippen LogP contribution in [0.25, 0.3) is 11.1 Å². The number of rotatable bonds is 6. The Kier molecular flexibility index (Phi) is 6.67. The summed E-state index contributed by atoms with van der Waals surface area (Å²) in [4.78, 5) is 23.5. The molecule has 2 aromatic carbocycles. The summed E-state index contributed by atoms with van der Waals surface area (Å²) < 4.78 is 24.5. The topological polar surface area (TPSA) is 52.6 Å². The van der Waals surface area contributed by atoms with E-state index in [4.69, 9.17) is 9.47 Å². The molecule has 0 heterocycles. The monoisotopic (exact) mass is 356 g/mol. The van der Waals surface area contributed by atoms with Gasteiger partial charge in [0.2, 0.25) is 6.29 Å². The molecule has 2 unspecified atom stereocenters. The van der Waals surface area contributed by atoms with Crippen molar-refractivity contribution in [3.63, 3.8) is 0 Å². The van der Waals surface area contributed by atoms with Gasteiger partial charge in [0.1, 0.15) is 5.82 Å². The Balaban J connectivity index is 2.07. The Morgan fingerprint density at radius 2 is 1.73 bits per heavy atom. The van der Waals surface area contributed by atoms with Crippen LogP contribution in [0, 0.1) is 5.82 Å². The third-order valence-corrected chi connectivity index (χ3v) is 3.80. The smallest absolute Gasteiger partial charge is 0.333 e. The Hall–Kier alpha value is -2.95. The van der Waals surface area contributed by atoms with Crippen molar-refractivity contribution in [3.05, 3.63) is 72.1 Å². The number of allylic oxidation sites excluding steroid dienone is 1. The Bertz CT molecular complexity index is 799. The molecule has 0 aromatic heterocycles. The van der Waals surface area contributed by atoms with E-state index in [1.54, 1.807) is 26.0 Å². The Morgan fingerprint density at radius 1 is 1.04 bits per heavy atom. The maximum absolute atomic E-state index is 14.4. The molecule has 0 saturated heterocycles. The van der Waals surface area contributed by atoms with Crippen molar-refractivity contribution < 1.29 is 23.5 Å². The van der Waals surface area contributed by atoms with E-state index in [1.807, 2.05) is 30.3 Å². The number of carbonyl (C=O) groups is 2. The van der Waals surface area contributed by atoms with Gasteiger partial charge in [-0.3, -0.25) is 4.79 Å². The number of benzene rings is 2. The average Bonchev–Trinajstić information content (AvgIpc) is 2.61. The van der Waals surface area contributed by atoms with E-state index in [0.717, 1.165) is 5.56 Å². The van der Waals surface area contributed by atoms with E-state index in [0.29, 0.717) is 11.1 Å². The first-order valence-corrected chi connectivity index (χ1v) is 8.31. The van der Waals surface area contributed by atoms with Gasteiger partial charge in [-0.1, -0.05) is 48.5 Å². The SMILES string of the molecule is C/C=C/C(=O)OC(C)OC(=O)C(C)c1ccc(-c2ccccc2)c(F)c1. The highest BCUT2D eigenvalue weighted by Gasteiger charge is 2.22. The van der Waals surface area contributed by atoms with Crippen molar-refractivity contribution in [2.45, 2.75) is 33.0 Å². The molecule has 26 heavy (non-hydrogen) atoms. The van der Waals surface area contributed by atoms with Gasteiger partial charge in [0.05, 0.1) is 5.92 Å². The third-order valence-electron chi connectivity index (χ3n) is 3.80. The van der Waals surface area contributed by atoms with Crippen LogP contribution in [0.5, 0.6) is 0 Å². The van der Waals surface area contributed by atoms with Gasteiger partial charge in [-0.05, 0) is 31.0 Å². The molecule has 2 rings (SSSR count). The summed E-state index contributed by atoms with van der Waals surface area (Å²) in [5.41, 5.74) is 1.71. The lowest BCUT2D eigenvalue weighted by Gasteiger charge is -2.17. The lowest BCUT2D eigenvalue weighted by atomic mass is 9.97. The second kappa shape index (κ2) is 8.94. The van der Waals surface area contributed by atoms with Crippen LogP contribution in [0.3, 0.4) is 0 Å². The highest BCUT2D eigenvalue weighted by atomic mass is 19.1. The highest BCUT2D eigenvalue weighted by Crippen LogP contribution is 2.27.